The lowest BCUT2D eigenvalue weighted by atomic mass is 10.0. The van der Waals surface area contributed by atoms with E-state index in [0.29, 0.717) is 29.0 Å². The zero-order chi connectivity index (χ0) is 19.5. The number of anilines is 1. The first kappa shape index (κ1) is 18.3. The highest BCUT2D eigenvalue weighted by molar-refractivity contribution is 6.30. The van der Waals surface area contributed by atoms with E-state index in [-0.39, 0.29) is 12.2 Å². The van der Waals surface area contributed by atoms with Crippen molar-refractivity contribution >= 4 is 23.5 Å². The molecule has 2 aromatic carbocycles. The number of carboxylic acid groups (broad SMARTS) is 1. The van der Waals surface area contributed by atoms with Gasteiger partial charge in [-0.05, 0) is 41.8 Å². The van der Waals surface area contributed by atoms with Gasteiger partial charge in [0.2, 0.25) is 5.95 Å². The Bertz CT molecular complexity index is 1010. The zero-order valence-corrected chi connectivity index (χ0v) is 15.8. The summed E-state index contributed by atoms with van der Waals surface area (Å²) in [6, 6.07) is 15.2. The third kappa shape index (κ3) is 3.92. The number of hydrogen-bond donors (Lipinski definition) is 1. The van der Waals surface area contributed by atoms with Crippen LogP contribution in [0, 0.1) is 0 Å². The van der Waals surface area contributed by atoms with Gasteiger partial charge in [0.1, 0.15) is 17.9 Å². The number of hydrogen-bond acceptors (Lipinski definition) is 5. The van der Waals surface area contributed by atoms with E-state index < -0.39 is 5.97 Å². The molecule has 1 aromatic heterocycles. The number of carbonyl (C=O) groups is 1. The number of carboxylic acids is 1. The molecule has 0 aliphatic carbocycles. The highest BCUT2D eigenvalue weighted by Crippen LogP contribution is 2.23. The summed E-state index contributed by atoms with van der Waals surface area (Å²) in [7, 11) is 0. The summed E-state index contributed by atoms with van der Waals surface area (Å²) in [6.45, 7) is 1.50. The van der Waals surface area contributed by atoms with Gasteiger partial charge < -0.3 is 14.7 Å². The van der Waals surface area contributed by atoms with Gasteiger partial charge in [0.25, 0.3) is 0 Å². The third-order valence-corrected chi connectivity index (χ3v) is 4.94. The minimum Gasteiger partial charge on any atom is -0.487 e. The van der Waals surface area contributed by atoms with Crippen LogP contribution in [-0.2, 0) is 19.6 Å². The quantitative estimate of drug-likeness (QED) is 0.704. The lowest BCUT2D eigenvalue weighted by Gasteiger charge is -2.29. The zero-order valence-electron chi connectivity index (χ0n) is 15.0. The van der Waals surface area contributed by atoms with Crippen molar-refractivity contribution in [2.45, 2.75) is 19.6 Å². The van der Waals surface area contributed by atoms with Crippen molar-refractivity contribution in [1.82, 2.24) is 9.97 Å². The van der Waals surface area contributed by atoms with Crippen LogP contribution in [-0.4, -0.2) is 27.6 Å². The molecule has 0 atom stereocenters. The monoisotopic (exact) mass is 395 g/mol. The molecule has 4 rings (SSSR count). The number of ether oxygens (including phenoxy) is 1. The molecule has 1 aliphatic heterocycles. The van der Waals surface area contributed by atoms with Crippen molar-refractivity contribution in [2.75, 3.05) is 11.4 Å². The van der Waals surface area contributed by atoms with Gasteiger partial charge in [0.15, 0.2) is 0 Å². The van der Waals surface area contributed by atoms with Gasteiger partial charge in [-0.3, -0.25) is 0 Å². The second-order valence-corrected chi connectivity index (χ2v) is 6.95. The normalized spacial score (nSPS) is 13.1. The molecule has 3 aromatic rings. The number of nitrogens with zero attached hydrogens (tertiary/aromatic N) is 3. The van der Waals surface area contributed by atoms with Gasteiger partial charge >= 0.3 is 5.97 Å². The topological polar surface area (TPSA) is 75.5 Å². The molecule has 0 amide bonds. The van der Waals surface area contributed by atoms with Gasteiger partial charge in [-0.15, -0.1) is 0 Å². The predicted molar refractivity (Wildman–Crippen MR) is 106 cm³/mol. The summed E-state index contributed by atoms with van der Waals surface area (Å²) in [5, 5.41) is 10.1. The highest BCUT2D eigenvalue weighted by atomic mass is 35.5. The Hall–Kier alpha value is -3.12. The van der Waals surface area contributed by atoms with Crippen molar-refractivity contribution in [3.05, 3.63) is 82.1 Å². The lowest BCUT2D eigenvalue weighted by Crippen LogP contribution is -2.32. The summed E-state index contributed by atoms with van der Waals surface area (Å²) in [6.07, 6.45) is 2.25. The molecule has 0 saturated carbocycles. The van der Waals surface area contributed by atoms with E-state index >= 15 is 0 Å². The van der Waals surface area contributed by atoms with Crippen LogP contribution in [0.4, 0.5) is 5.95 Å². The molecule has 1 aliphatic rings. The molecule has 0 saturated heterocycles. The van der Waals surface area contributed by atoms with Crippen LogP contribution in [0.25, 0.3) is 0 Å². The molecule has 0 fully saturated rings. The summed E-state index contributed by atoms with van der Waals surface area (Å²) in [4.78, 5) is 22.4. The molecule has 28 heavy (non-hydrogen) atoms. The van der Waals surface area contributed by atoms with Crippen molar-refractivity contribution in [2.24, 2.45) is 0 Å². The van der Waals surface area contributed by atoms with Crippen LogP contribution in [0.1, 0.15) is 27.2 Å². The van der Waals surface area contributed by atoms with Crippen LogP contribution in [0.2, 0.25) is 5.02 Å². The van der Waals surface area contributed by atoms with Crippen LogP contribution in [0.5, 0.6) is 5.75 Å². The summed E-state index contributed by atoms with van der Waals surface area (Å²) < 4.78 is 5.71. The van der Waals surface area contributed by atoms with Crippen molar-refractivity contribution in [3.8, 4) is 5.75 Å². The fourth-order valence-corrected chi connectivity index (χ4v) is 3.32. The van der Waals surface area contributed by atoms with Gasteiger partial charge in [0.05, 0.1) is 5.69 Å². The largest absolute Gasteiger partial charge is 0.487 e. The van der Waals surface area contributed by atoms with E-state index in [4.69, 9.17) is 16.3 Å². The Kier molecular flexibility index (Phi) is 5.12. The second-order valence-electron chi connectivity index (χ2n) is 6.52. The number of halogens is 1. The van der Waals surface area contributed by atoms with Crippen LogP contribution < -0.4 is 9.64 Å². The van der Waals surface area contributed by atoms with Gasteiger partial charge in [-0.25, -0.2) is 14.8 Å². The smallest absolute Gasteiger partial charge is 0.339 e. The Morgan fingerprint density at radius 2 is 1.89 bits per heavy atom. The summed E-state index contributed by atoms with van der Waals surface area (Å²) >= 11 is 5.88. The molecule has 2 heterocycles. The van der Waals surface area contributed by atoms with E-state index in [2.05, 4.69) is 27.0 Å². The average molecular weight is 396 g/mol. The predicted octanol–water partition coefficient (Wildman–Crippen LogP) is 3.97. The molecule has 6 nitrogen and oxygen atoms in total. The molecule has 0 radical (unpaired) electrons. The van der Waals surface area contributed by atoms with Gasteiger partial charge in [-0.1, -0.05) is 35.9 Å². The fourth-order valence-electron chi connectivity index (χ4n) is 3.20. The van der Waals surface area contributed by atoms with Crippen molar-refractivity contribution in [1.29, 1.82) is 0 Å². The van der Waals surface area contributed by atoms with E-state index in [1.165, 1.54) is 17.3 Å². The minimum absolute atomic E-state index is 0.0310. The van der Waals surface area contributed by atoms with Gasteiger partial charge in [0, 0.05) is 24.3 Å². The van der Waals surface area contributed by atoms with E-state index in [1.807, 2.05) is 12.1 Å². The van der Waals surface area contributed by atoms with E-state index in [9.17, 15) is 9.90 Å². The maximum Gasteiger partial charge on any atom is 0.339 e. The SMILES string of the molecule is O=C(O)c1cnc(N2CCc3ccccc3C2)nc1COc1ccc(Cl)cc1. The average Bonchev–Trinajstić information content (AvgIpc) is 2.72. The first-order valence-corrected chi connectivity index (χ1v) is 9.27. The molecule has 0 unspecified atom stereocenters. The Morgan fingerprint density at radius 3 is 2.64 bits per heavy atom. The molecule has 1 N–H and O–H groups in total. The molecule has 0 spiro atoms. The second kappa shape index (κ2) is 7.86. The van der Waals surface area contributed by atoms with Crippen molar-refractivity contribution < 1.29 is 14.6 Å². The third-order valence-electron chi connectivity index (χ3n) is 4.69. The Morgan fingerprint density at radius 1 is 1.14 bits per heavy atom. The lowest BCUT2D eigenvalue weighted by molar-refractivity contribution is 0.0692. The van der Waals surface area contributed by atoms with E-state index in [0.717, 1.165) is 13.0 Å². The number of benzene rings is 2. The molecular weight excluding hydrogens is 378 g/mol. The molecule has 0 bridgehead atoms. The fraction of sp³-hybridized carbons (Fsp3) is 0.190. The maximum atomic E-state index is 11.6. The minimum atomic E-state index is -1.08. The standard InChI is InChI=1S/C21H18ClN3O3/c22-16-5-7-17(8-6-16)28-13-19-18(20(26)27)11-23-21(24-19)25-10-9-14-3-1-2-4-15(14)12-25/h1-8,11H,9-10,12-13H2,(H,26,27). The molecule has 142 valence electrons. The highest BCUT2D eigenvalue weighted by Gasteiger charge is 2.21. The number of aromatic carboxylic acids is 1. The number of rotatable bonds is 5. The Balaban J connectivity index is 1.57. The Labute approximate surface area is 167 Å². The maximum absolute atomic E-state index is 11.6. The molecular formula is C21H18ClN3O3. The van der Waals surface area contributed by atoms with Crippen LogP contribution in [0.15, 0.2) is 54.7 Å². The summed E-state index contributed by atoms with van der Waals surface area (Å²) in [5.74, 6) is 0.0206. The number of aromatic nitrogens is 2. The summed E-state index contributed by atoms with van der Waals surface area (Å²) in [5.41, 5.74) is 2.94. The van der Waals surface area contributed by atoms with Crippen LogP contribution >= 0.6 is 11.6 Å². The number of fused-ring (bicyclic) bond motifs is 1. The first-order valence-electron chi connectivity index (χ1n) is 8.89. The van der Waals surface area contributed by atoms with Crippen LogP contribution in [0.3, 0.4) is 0 Å². The van der Waals surface area contributed by atoms with E-state index in [1.54, 1.807) is 24.3 Å². The van der Waals surface area contributed by atoms with Crippen molar-refractivity contribution in [3.63, 3.8) is 0 Å². The molecule has 7 heteroatoms. The van der Waals surface area contributed by atoms with Gasteiger partial charge in [-0.2, -0.15) is 0 Å². The first-order chi connectivity index (χ1) is 13.6.